The second-order valence-electron chi connectivity index (χ2n) is 6.77. The Bertz CT molecular complexity index is 764. The van der Waals surface area contributed by atoms with Gasteiger partial charge in [-0.05, 0) is 43.9 Å². The maximum atomic E-state index is 13.4. The number of hydrogen-bond donors (Lipinski definition) is 3. The second kappa shape index (κ2) is 12.7. The Balaban J connectivity index is 2.06. The van der Waals surface area contributed by atoms with Crippen LogP contribution in [-0.4, -0.2) is 35.7 Å². The van der Waals surface area contributed by atoms with Crippen molar-refractivity contribution < 1.29 is 14.2 Å². The van der Waals surface area contributed by atoms with E-state index in [4.69, 9.17) is 4.74 Å². The highest BCUT2D eigenvalue weighted by molar-refractivity contribution is 5.79. The van der Waals surface area contributed by atoms with Gasteiger partial charge in [-0.1, -0.05) is 25.5 Å². The molecule has 2 rings (SSSR count). The zero-order valence-electron chi connectivity index (χ0n) is 17.2. The molecule has 1 unspecified atom stereocenters. The monoisotopic (exact) mass is 402 g/mol. The topological polar surface area (TPSA) is 78.8 Å². The van der Waals surface area contributed by atoms with Crippen LogP contribution in [0.4, 0.5) is 4.39 Å². The molecule has 0 aliphatic carbocycles. The average molecular weight is 403 g/mol. The van der Waals surface area contributed by atoms with Crippen LogP contribution in [0.2, 0.25) is 0 Å². The van der Waals surface area contributed by atoms with Gasteiger partial charge in [0.25, 0.3) is 0 Å². The molecule has 0 aliphatic heterocycles. The van der Waals surface area contributed by atoms with E-state index < -0.39 is 0 Å². The van der Waals surface area contributed by atoms with E-state index >= 15 is 0 Å². The summed E-state index contributed by atoms with van der Waals surface area (Å²) in [5.74, 6) is 1.54. The van der Waals surface area contributed by atoms with E-state index in [9.17, 15) is 9.50 Å². The number of hydrogen-bond acceptors (Lipinski definition) is 4. The predicted molar refractivity (Wildman–Crippen MR) is 114 cm³/mol. The molecular weight excluding hydrogens is 371 g/mol. The fraction of sp³-hybridized carbons (Fsp3) is 0.455. The van der Waals surface area contributed by atoms with Crippen molar-refractivity contribution in [2.45, 2.75) is 39.7 Å². The van der Waals surface area contributed by atoms with E-state index in [1.165, 1.54) is 12.1 Å². The number of aliphatic hydroxyl groups is 1. The van der Waals surface area contributed by atoms with Crippen molar-refractivity contribution in [3.63, 3.8) is 0 Å². The van der Waals surface area contributed by atoms with Crippen molar-refractivity contribution in [3.8, 4) is 11.6 Å². The van der Waals surface area contributed by atoms with Crippen LogP contribution in [0.25, 0.3) is 0 Å². The third-order valence-electron chi connectivity index (χ3n) is 4.40. The van der Waals surface area contributed by atoms with Crippen LogP contribution >= 0.6 is 0 Å². The van der Waals surface area contributed by atoms with Crippen molar-refractivity contribution in [2.75, 3.05) is 19.7 Å². The average Bonchev–Trinajstić information content (AvgIpc) is 2.71. The second-order valence-corrected chi connectivity index (χ2v) is 6.77. The van der Waals surface area contributed by atoms with Gasteiger partial charge in [-0.25, -0.2) is 14.4 Å². The smallest absolute Gasteiger partial charge is 0.224 e. The zero-order valence-corrected chi connectivity index (χ0v) is 17.2. The minimum atomic E-state index is -0.360. The Morgan fingerprint density at radius 3 is 2.79 bits per heavy atom. The first-order valence-electron chi connectivity index (χ1n) is 10.2. The Morgan fingerprint density at radius 1 is 1.21 bits per heavy atom. The molecule has 0 fully saturated rings. The number of nitrogens with zero attached hydrogens (tertiary/aromatic N) is 2. The molecule has 0 radical (unpaired) electrons. The number of pyridine rings is 1. The first kappa shape index (κ1) is 22.6. The summed E-state index contributed by atoms with van der Waals surface area (Å²) in [5.41, 5.74) is 0.800. The molecule has 0 amide bonds. The lowest BCUT2D eigenvalue weighted by atomic mass is 10.0. The van der Waals surface area contributed by atoms with Gasteiger partial charge in [0.15, 0.2) is 5.96 Å². The van der Waals surface area contributed by atoms with Crippen molar-refractivity contribution >= 4 is 5.96 Å². The van der Waals surface area contributed by atoms with Crippen molar-refractivity contribution in [3.05, 3.63) is 54.0 Å². The SMILES string of the molecule is CCCC(CCO)CNC(=NCc1cccnc1Oc1cccc(F)c1)NCC. The zero-order chi connectivity index (χ0) is 20.9. The van der Waals surface area contributed by atoms with Crippen molar-refractivity contribution in [1.82, 2.24) is 15.6 Å². The summed E-state index contributed by atoms with van der Waals surface area (Å²) in [5, 5.41) is 15.8. The van der Waals surface area contributed by atoms with E-state index in [0.717, 1.165) is 37.9 Å². The number of aromatic nitrogens is 1. The lowest BCUT2D eigenvalue weighted by Gasteiger charge is -2.18. The number of aliphatic imine (C=N–C) groups is 1. The maximum absolute atomic E-state index is 13.4. The van der Waals surface area contributed by atoms with Crippen molar-refractivity contribution in [2.24, 2.45) is 10.9 Å². The highest BCUT2D eigenvalue weighted by atomic mass is 19.1. The van der Waals surface area contributed by atoms with E-state index in [-0.39, 0.29) is 12.4 Å². The molecule has 7 heteroatoms. The quantitative estimate of drug-likeness (QED) is 0.393. The highest BCUT2D eigenvalue weighted by Crippen LogP contribution is 2.24. The Morgan fingerprint density at radius 2 is 2.07 bits per heavy atom. The van der Waals surface area contributed by atoms with Gasteiger partial charge in [-0.2, -0.15) is 0 Å². The third kappa shape index (κ3) is 8.07. The van der Waals surface area contributed by atoms with Crippen LogP contribution in [0.1, 0.15) is 38.7 Å². The summed E-state index contributed by atoms with van der Waals surface area (Å²) >= 11 is 0. The molecule has 158 valence electrons. The van der Waals surface area contributed by atoms with E-state index in [0.29, 0.717) is 30.1 Å². The summed E-state index contributed by atoms with van der Waals surface area (Å²) in [4.78, 5) is 8.90. The number of guanidine groups is 1. The molecule has 0 saturated heterocycles. The fourth-order valence-corrected chi connectivity index (χ4v) is 2.96. The fourth-order valence-electron chi connectivity index (χ4n) is 2.96. The van der Waals surface area contributed by atoms with E-state index in [1.807, 2.05) is 19.1 Å². The van der Waals surface area contributed by atoms with Crippen LogP contribution < -0.4 is 15.4 Å². The van der Waals surface area contributed by atoms with Crippen LogP contribution in [0.3, 0.4) is 0 Å². The normalized spacial score (nSPS) is 12.5. The lowest BCUT2D eigenvalue weighted by molar-refractivity contribution is 0.251. The molecule has 0 spiro atoms. The molecular formula is C22H31FN4O2. The molecule has 1 aromatic heterocycles. The number of ether oxygens (including phenoxy) is 1. The molecule has 2 aromatic rings. The van der Waals surface area contributed by atoms with Gasteiger partial charge in [0, 0.05) is 37.5 Å². The van der Waals surface area contributed by atoms with Gasteiger partial charge in [0.2, 0.25) is 5.88 Å². The first-order valence-corrected chi connectivity index (χ1v) is 10.2. The van der Waals surface area contributed by atoms with Gasteiger partial charge in [-0.15, -0.1) is 0 Å². The van der Waals surface area contributed by atoms with E-state index in [1.54, 1.807) is 18.3 Å². The molecule has 6 nitrogen and oxygen atoms in total. The maximum Gasteiger partial charge on any atom is 0.224 e. The standard InChI is InChI=1S/C22H31FN4O2/c1-3-7-17(11-13-28)15-26-22(24-4-2)27-16-18-8-6-12-25-21(18)29-20-10-5-9-19(23)14-20/h5-6,8-10,12,14,17,28H,3-4,7,11,13,15-16H2,1-2H3,(H2,24,26,27). The number of rotatable bonds is 11. The summed E-state index contributed by atoms with van der Waals surface area (Å²) in [6, 6.07) is 9.68. The molecule has 0 aliphatic rings. The molecule has 0 bridgehead atoms. The first-order chi connectivity index (χ1) is 14.2. The number of benzene rings is 1. The number of nitrogens with one attached hydrogen (secondary N) is 2. The Hall–Kier alpha value is -2.67. The summed E-state index contributed by atoms with van der Waals surface area (Å²) in [6.07, 6.45) is 4.54. The molecule has 1 aromatic carbocycles. The molecule has 29 heavy (non-hydrogen) atoms. The van der Waals surface area contributed by atoms with Crippen LogP contribution in [0.15, 0.2) is 47.6 Å². The van der Waals surface area contributed by atoms with Crippen LogP contribution in [0.5, 0.6) is 11.6 Å². The van der Waals surface area contributed by atoms with Gasteiger partial charge in [0.1, 0.15) is 11.6 Å². The number of halogens is 1. The molecule has 3 N–H and O–H groups in total. The molecule has 1 heterocycles. The van der Waals surface area contributed by atoms with Crippen molar-refractivity contribution in [1.29, 1.82) is 0 Å². The van der Waals surface area contributed by atoms with E-state index in [2.05, 4.69) is 27.5 Å². The minimum absolute atomic E-state index is 0.191. The lowest BCUT2D eigenvalue weighted by Crippen LogP contribution is -2.40. The predicted octanol–water partition coefficient (Wildman–Crippen LogP) is 3.87. The van der Waals surface area contributed by atoms with Crippen LogP contribution in [0, 0.1) is 11.7 Å². The van der Waals surface area contributed by atoms with Gasteiger partial charge >= 0.3 is 0 Å². The highest BCUT2D eigenvalue weighted by Gasteiger charge is 2.10. The van der Waals surface area contributed by atoms with Crippen LogP contribution in [-0.2, 0) is 6.54 Å². The summed E-state index contributed by atoms with van der Waals surface area (Å²) in [6.45, 7) is 6.20. The minimum Gasteiger partial charge on any atom is -0.439 e. The third-order valence-corrected chi connectivity index (χ3v) is 4.40. The molecule has 0 saturated carbocycles. The van der Waals surface area contributed by atoms with Gasteiger partial charge in [-0.3, -0.25) is 0 Å². The molecule has 1 atom stereocenters. The van der Waals surface area contributed by atoms with Gasteiger partial charge in [0.05, 0.1) is 6.54 Å². The van der Waals surface area contributed by atoms with Gasteiger partial charge < -0.3 is 20.5 Å². The summed E-state index contributed by atoms with van der Waals surface area (Å²) < 4.78 is 19.2. The Kier molecular flexibility index (Phi) is 9.92. The number of aliphatic hydroxyl groups excluding tert-OH is 1. The Labute approximate surface area is 172 Å². The largest absolute Gasteiger partial charge is 0.439 e. The summed E-state index contributed by atoms with van der Waals surface area (Å²) in [7, 11) is 0.